The molecule has 0 amide bonds. The molecular weight excluding hydrogens is 216 g/mol. The van der Waals surface area contributed by atoms with Crippen LogP contribution in [-0.4, -0.2) is 23.8 Å². The van der Waals surface area contributed by atoms with Gasteiger partial charge in [-0.2, -0.15) is 0 Å². The maximum atomic E-state index is 11.5. The highest BCUT2D eigenvalue weighted by atomic mass is 16.5. The van der Waals surface area contributed by atoms with Crippen LogP contribution in [0.4, 0.5) is 0 Å². The lowest BCUT2D eigenvalue weighted by molar-refractivity contribution is -0.131. The third-order valence-corrected chi connectivity index (χ3v) is 3.22. The molecule has 0 bridgehead atoms. The van der Waals surface area contributed by atoms with Gasteiger partial charge < -0.3 is 4.74 Å². The van der Waals surface area contributed by atoms with E-state index in [1.807, 2.05) is 6.92 Å². The number of rotatable bonds is 5. The van der Waals surface area contributed by atoms with Crippen LogP contribution < -0.4 is 0 Å². The van der Waals surface area contributed by atoms with Crippen molar-refractivity contribution in [2.75, 3.05) is 0 Å². The molecule has 2 unspecified atom stereocenters. The van der Waals surface area contributed by atoms with Crippen molar-refractivity contribution >= 4 is 11.6 Å². The van der Waals surface area contributed by atoms with Crippen molar-refractivity contribution in [1.29, 1.82) is 0 Å². The van der Waals surface area contributed by atoms with E-state index in [2.05, 4.69) is 6.92 Å². The standard InChI is InChI=1S/C14H22O3/c1-4-5-12(16)9-13-7-6-10(2)14(17-13)8-11(3)15/h4-5,10,13-14H,6-9H2,1-3H3/b5-4+/t10?,13-,14?/m0/s1. The fraction of sp³-hybridized carbons (Fsp3) is 0.714. The SMILES string of the molecule is C/C=C/C(=O)C[C@@H]1CCC(C)C(CC(C)=O)O1. The van der Waals surface area contributed by atoms with Gasteiger partial charge in [0.1, 0.15) is 5.78 Å². The molecule has 3 nitrogen and oxygen atoms in total. The first-order chi connectivity index (χ1) is 8.02. The fourth-order valence-electron chi connectivity index (χ4n) is 2.25. The van der Waals surface area contributed by atoms with E-state index < -0.39 is 0 Å². The molecular formula is C14H22O3. The van der Waals surface area contributed by atoms with E-state index in [4.69, 9.17) is 4.74 Å². The van der Waals surface area contributed by atoms with E-state index in [1.54, 1.807) is 19.1 Å². The van der Waals surface area contributed by atoms with Crippen LogP contribution in [0.15, 0.2) is 12.2 Å². The molecule has 0 N–H and O–H groups in total. The number of hydrogen-bond donors (Lipinski definition) is 0. The number of Topliss-reactive ketones (excluding diaryl/α,β-unsaturated/α-hetero) is 1. The van der Waals surface area contributed by atoms with E-state index in [0.717, 1.165) is 12.8 Å². The number of allylic oxidation sites excluding steroid dienone is 2. The van der Waals surface area contributed by atoms with Gasteiger partial charge in [-0.1, -0.05) is 13.0 Å². The zero-order valence-corrected chi connectivity index (χ0v) is 10.9. The highest BCUT2D eigenvalue weighted by Crippen LogP contribution is 2.28. The Morgan fingerprint density at radius 2 is 2.00 bits per heavy atom. The van der Waals surface area contributed by atoms with Crippen LogP contribution in [-0.2, 0) is 14.3 Å². The van der Waals surface area contributed by atoms with Crippen molar-refractivity contribution in [3.8, 4) is 0 Å². The molecule has 3 heteroatoms. The number of hydrogen-bond acceptors (Lipinski definition) is 3. The number of carbonyl (C=O) groups is 2. The molecule has 3 atom stereocenters. The number of ketones is 2. The van der Waals surface area contributed by atoms with Gasteiger partial charge in [0.05, 0.1) is 12.2 Å². The summed E-state index contributed by atoms with van der Waals surface area (Å²) in [6.45, 7) is 5.53. The van der Waals surface area contributed by atoms with Gasteiger partial charge in [-0.05, 0) is 38.7 Å². The van der Waals surface area contributed by atoms with E-state index in [0.29, 0.717) is 18.8 Å². The van der Waals surface area contributed by atoms with Crippen LogP contribution in [0.2, 0.25) is 0 Å². The minimum Gasteiger partial charge on any atom is -0.374 e. The van der Waals surface area contributed by atoms with E-state index in [1.165, 1.54) is 0 Å². The zero-order chi connectivity index (χ0) is 12.8. The molecule has 0 radical (unpaired) electrons. The lowest BCUT2D eigenvalue weighted by Gasteiger charge is -2.34. The molecule has 1 rings (SSSR count). The summed E-state index contributed by atoms with van der Waals surface area (Å²) in [5.74, 6) is 0.669. The topological polar surface area (TPSA) is 43.4 Å². The second-order valence-corrected chi connectivity index (χ2v) is 4.93. The van der Waals surface area contributed by atoms with Crippen LogP contribution in [0.1, 0.15) is 46.5 Å². The first kappa shape index (κ1) is 14.1. The largest absolute Gasteiger partial charge is 0.374 e. The summed E-state index contributed by atoms with van der Waals surface area (Å²) in [6, 6.07) is 0. The summed E-state index contributed by atoms with van der Waals surface area (Å²) in [5.41, 5.74) is 0. The third-order valence-electron chi connectivity index (χ3n) is 3.22. The maximum Gasteiger partial charge on any atom is 0.157 e. The van der Waals surface area contributed by atoms with Crippen LogP contribution in [0.25, 0.3) is 0 Å². The summed E-state index contributed by atoms with van der Waals surface area (Å²) in [4.78, 5) is 22.6. The Hall–Kier alpha value is -0.960. The second-order valence-electron chi connectivity index (χ2n) is 4.93. The Morgan fingerprint density at radius 3 is 2.59 bits per heavy atom. The minimum atomic E-state index is -0.0146. The molecule has 96 valence electrons. The number of carbonyl (C=O) groups excluding carboxylic acids is 2. The van der Waals surface area contributed by atoms with Gasteiger partial charge in [-0.3, -0.25) is 9.59 Å². The average molecular weight is 238 g/mol. The summed E-state index contributed by atoms with van der Waals surface area (Å²) in [7, 11) is 0. The van der Waals surface area contributed by atoms with Crippen molar-refractivity contribution in [3.05, 3.63) is 12.2 Å². The Balaban J connectivity index is 2.48. The minimum absolute atomic E-state index is 0.00958. The molecule has 1 heterocycles. The molecule has 1 saturated heterocycles. The van der Waals surface area contributed by atoms with Gasteiger partial charge in [0.2, 0.25) is 0 Å². The van der Waals surface area contributed by atoms with E-state index >= 15 is 0 Å². The molecule has 1 aliphatic heterocycles. The second kappa shape index (κ2) is 6.70. The molecule has 0 aromatic rings. The van der Waals surface area contributed by atoms with Crippen molar-refractivity contribution in [1.82, 2.24) is 0 Å². The highest BCUT2D eigenvalue weighted by molar-refractivity contribution is 5.89. The van der Waals surface area contributed by atoms with Crippen LogP contribution >= 0.6 is 0 Å². The third kappa shape index (κ3) is 4.82. The zero-order valence-electron chi connectivity index (χ0n) is 10.9. The number of ether oxygens (including phenoxy) is 1. The van der Waals surface area contributed by atoms with Gasteiger partial charge in [0, 0.05) is 12.8 Å². The Bertz CT molecular complexity index is 307. The maximum absolute atomic E-state index is 11.5. The van der Waals surface area contributed by atoms with E-state index in [9.17, 15) is 9.59 Å². The molecule has 0 aromatic heterocycles. The lowest BCUT2D eigenvalue weighted by Crippen LogP contribution is -2.36. The summed E-state index contributed by atoms with van der Waals surface area (Å²) in [5, 5.41) is 0. The van der Waals surface area contributed by atoms with Crippen molar-refractivity contribution in [3.63, 3.8) is 0 Å². The quantitative estimate of drug-likeness (QED) is 0.692. The normalized spacial score (nSPS) is 29.5. The first-order valence-electron chi connectivity index (χ1n) is 6.33. The molecule has 0 aliphatic carbocycles. The summed E-state index contributed by atoms with van der Waals surface area (Å²) < 4.78 is 5.85. The van der Waals surface area contributed by atoms with Gasteiger partial charge >= 0.3 is 0 Å². The van der Waals surface area contributed by atoms with Gasteiger partial charge in [-0.15, -0.1) is 0 Å². The Kier molecular flexibility index (Phi) is 5.56. The highest BCUT2D eigenvalue weighted by Gasteiger charge is 2.29. The van der Waals surface area contributed by atoms with Crippen molar-refractivity contribution in [2.45, 2.75) is 58.7 Å². The molecule has 17 heavy (non-hydrogen) atoms. The smallest absolute Gasteiger partial charge is 0.157 e. The van der Waals surface area contributed by atoms with Gasteiger partial charge in [0.25, 0.3) is 0 Å². The van der Waals surface area contributed by atoms with Gasteiger partial charge in [0.15, 0.2) is 5.78 Å². The van der Waals surface area contributed by atoms with Crippen molar-refractivity contribution < 1.29 is 14.3 Å². The first-order valence-corrected chi connectivity index (χ1v) is 6.33. The molecule has 0 saturated carbocycles. The summed E-state index contributed by atoms with van der Waals surface area (Å²) in [6.07, 6.45) is 6.16. The van der Waals surface area contributed by atoms with Crippen LogP contribution in [0.3, 0.4) is 0 Å². The molecule has 1 aliphatic rings. The molecule has 0 spiro atoms. The molecule has 0 aromatic carbocycles. The van der Waals surface area contributed by atoms with Crippen molar-refractivity contribution in [2.24, 2.45) is 5.92 Å². The Labute approximate surface area is 103 Å². The predicted octanol–water partition coefficient (Wildman–Crippen LogP) is 2.68. The Morgan fingerprint density at radius 1 is 1.29 bits per heavy atom. The van der Waals surface area contributed by atoms with Crippen LogP contribution in [0, 0.1) is 5.92 Å². The lowest BCUT2D eigenvalue weighted by atomic mass is 9.89. The fourth-order valence-corrected chi connectivity index (χ4v) is 2.25. The monoisotopic (exact) mass is 238 g/mol. The van der Waals surface area contributed by atoms with Gasteiger partial charge in [-0.25, -0.2) is 0 Å². The van der Waals surface area contributed by atoms with Crippen LogP contribution in [0.5, 0.6) is 0 Å². The average Bonchev–Trinajstić information content (AvgIpc) is 2.22. The molecule has 1 fully saturated rings. The predicted molar refractivity (Wildman–Crippen MR) is 66.8 cm³/mol. The van der Waals surface area contributed by atoms with E-state index in [-0.39, 0.29) is 23.8 Å². The summed E-state index contributed by atoms with van der Waals surface area (Å²) >= 11 is 0.